The SMILES string of the molecule is COc1ccc(N(CC(=O)NCCSCc2cccc(Cl)c2)S(=O)(=O)c2ccc(F)cc2)cc1. The summed E-state index contributed by atoms with van der Waals surface area (Å²) in [6.45, 7) is -0.0535. The average Bonchev–Trinajstić information content (AvgIpc) is 2.82. The van der Waals surface area contributed by atoms with Crippen LogP contribution < -0.4 is 14.4 Å². The molecule has 0 radical (unpaired) electrons. The smallest absolute Gasteiger partial charge is 0.264 e. The molecule has 180 valence electrons. The number of methoxy groups -OCH3 is 1. The molecule has 0 aliphatic rings. The fourth-order valence-electron chi connectivity index (χ4n) is 3.06. The summed E-state index contributed by atoms with van der Waals surface area (Å²) in [4.78, 5) is 12.5. The minimum Gasteiger partial charge on any atom is -0.497 e. The van der Waals surface area contributed by atoms with Gasteiger partial charge in [-0.25, -0.2) is 12.8 Å². The molecule has 0 fully saturated rings. The number of halogens is 2. The van der Waals surface area contributed by atoms with E-state index in [1.807, 2.05) is 24.3 Å². The van der Waals surface area contributed by atoms with Gasteiger partial charge in [0.15, 0.2) is 0 Å². The first kappa shape index (κ1) is 25.9. The molecule has 0 aromatic heterocycles. The van der Waals surface area contributed by atoms with E-state index in [2.05, 4.69) is 5.32 Å². The Morgan fingerprint density at radius 2 is 1.79 bits per heavy atom. The number of thioether (sulfide) groups is 1. The third kappa shape index (κ3) is 7.12. The van der Waals surface area contributed by atoms with Crippen LogP contribution in [-0.2, 0) is 20.6 Å². The molecule has 0 atom stereocenters. The lowest BCUT2D eigenvalue weighted by molar-refractivity contribution is -0.119. The number of nitrogens with zero attached hydrogens (tertiary/aromatic N) is 1. The van der Waals surface area contributed by atoms with Crippen molar-refractivity contribution >= 4 is 45.0 Å². The second-order valence-corrected chi connectivity index (χ2v) is 10.6. The topological polar surface area (TPSA) is 75.7 Å². The number of hydrogen-bond donors (Lipinski definition) is 1. The highest BCUT2D eigenvalue weighted by Gasteiger charge is 2.27. The predicted octanol–water partition coefficient (Wildman–Crippen LogP) is 4.73. The Morgan fingerprint density at radius 1 is 1.09 bits per heavy atom. The molecule has 0 unspecified atom stereocenters. The zero-order valence-electron chi connectivity index (χ0n) is 18.4. The molecule has 0 spiro atoms. The van der Waals surface area contributed by atoms with E-state index >= 15 is 0 Å². The number of anilines is 1. The Labute approximate surface area is 208 Å². The Hall–Kier alpha value is -2.75. The van der Waals surface area contributed by atoms with Gasteiger partial charge in [-0.05, 0) is 66.2 Å². The molecule has 0 saturated heterocycles. The lowest BCUT2D eigenvalue weighted by Gasteiger charge is -2.24. The van der Waals surface area contributed by atoms with Crippen LogP contribution in [0, 0.1) is 5.82 Å². The highest BCUT2D eigenvalue weighted by atomic mass is 35.5. The van der Waals surface area contributed by atoms with Crippen LogP contribution in [0.25, 0.3) is 0 Å². The van der Waals surface area contributed by atoms with Gasteiger partial charge in [-0.2, -0.15) is 11.8 Å². The summed E-state index contributed by atoms with van der Waals surface area (Å²) in [6, 6.07) is 18.3. The van der Waals surface area contributed by atoms with Gasteiger partial charge in [0.05, 0.1) is 17.7 Å². The number of sulfonamides is 1. The lowest BCUT2D eigenvalue weighted by Crippen LogP contribution is -2.41. The first-order chi connectivity index (χ1) is 16.3. The van der Waals surface area contributed by atoms with E-state index < -0.39 is 28.3 Å². The van der Waals surface area contributed by atoms with Crippen molar-refractivity contribution in [1.29, 1.82) is 0 Å². The summed E-state index contributed by atoms with van der Waals surface area (Å²) in [5.41, 5.74) is 1.37. The molecule has 10 heteroatoms. The number of benzene rings is 3. The van der Waals surface area contributed by atoms with Crippen LogP contribution in [0.1, 0.15) is 5.56 Å². The minimum atomic E-state index is -4.11. The van der Waals surface area contributed by atoms with E-state index in [0.29, 0.717) is 23.1 Å². The average molecular weight is 523 g/mol. The maximum Gasteiger partial charge on any atom is 0.264 e. The Morgan fingerprint density at radius 3 is 2.44 bits per heavy atom. The maximum atomic E-state index is 13.3. The number of carbonyl (C=O) groups excluding carboxylic acids is 1. The van der Waals surface area contributed by atoms with Crippen LogP contribution in [0.15, 0.2) is 77.7 Å². The minimum absolute atomic E-state index is 0.116. The normalized spacial score (nSPS) is 11.1. The molecule has 0 heterocycles. The molecule has 0 aliphatic carbocycles. The van der Waals surface area contributed by atoms with E-state index in [1.165, 1.54) is 19.2 Å². The van der Waals surface area contributed by atoms with Gasteiger partial charge >= 0.3 is 0 Å². The lowest BCUT2D eigenvalue weighted by atomic mass is 10.2. The first-order valence-electron chi connectivity index (χ1n) is 10.3. The summed E-state index contributed by atoms with van der Waals surface area (Å²) >= 11 is 7.61. The molecule has 1 N–H and O–H groups in total. The second-order valence-electron chi connectivity index (χ2n) is 7.20. The van der Waals surface area contributed by atoms with Crippen molar-refractivity contribution < 1.29 is 22.3 Å². The number of carbonyl (C=O) groups is 1. The van der Waals surface area contributed by atoms with Gasteiger partial charge in [-0.3, -0.25) is 9.10 Å². The summed E-state index contributed by atoms with van der Waals surface area (Å²) in [7, 11) is -2.61. The van der Waals surface area contributed by atoms with E-state index in [4.69, 9.17) is 16.3 Å². The Balaban J connectivity index is 1.65. The molecule has 0 saturated carbocycles. The highest BCUT2D eigenvalue weighted by Crippen LogP contribution is 2.26. The van der Waals surface area contributed by atoms with Gasteiger partial charge in [0.1, 0.15) is 18.1 Å². The van der Waals surface area contributed by atoms with Gasteiger partial charge in [-0.15, -0.1) is 0 Å². The monoisotopic (exact) mass is 522 g/mol. The zero-order valence-corrected chi connectivity index (χ0v) is 20.8. The Kier molecular flexibility index (Phi) is 9.20. The van der Waals surface area contributed by atoms with Crippen LogP contribution in [0.5, 0.6) is 5.75 Å². The van der Waals surface area contributed by atoms with Crippen LogP contribution in [0.3, 0.4) is 0 Å². The van der Waals surface area contributed by atoms with Crippen molar-refractivity contribution in [2.24, 2.45) is 0 Å². The van der Waals surface area contributed by atoms with Gasteiger partial charge in [0.2, 0.25) is 5.91 Å². The van der Waals surface area contributed by atoms with Crippen molar-refractivity contribution in [2.45, 2.75) is 10.6 Å². The summed E-state index contributed by atoms with van der Waals surface area (Å²) in [5.74, 6) is 0.927. The van der Waals surface area contributed by atoms with E-state index in [-0.39, 0.29) is 10.6 Å². The number of nitrogens with one attached hydrogen (secondary N) is 1. The fourth-order valence-corrected chi connectivity index (χ4v) is 5.50. The third-order valence-electron chi connectivity index (χ3n) is 4.78. The van der Waals surface area contributed by atoms with Gasteiger partial charge < -0.3 is 10.1 Å². The van der Waals surface area contributed by atoms with E-state index in [0.717, 1.165) is 27.8 Å². The molecule has 34 heavy (non-hydrogen) atoms. The van der Waals surface area contributed by atoms with Crippen molar-refractivity contribution in [1.82, 2.24) is 5.32 Å². The van der Waals surface area contributed by atoms with Gasteiger partial charge in [0.25, 0.3) is 10.0 Å². The van der Waals surface area contributed by atoms with E-state index in [1.54, 1.807) is 36.0 Å². The highest BCUT2D eigenvalue weighted by molar-refractivity contribution is 7.98. The van der Waals surface area contributed by atoms with Crippen molar-refractivity contribution in [3.8, 4) is 5.75 Å². The Bertz CT molecular complexity index is 1210. The fraction of sp³-hybridized carbons (Fsp3) is 0.208. The van der Waals surface area contributed by atoms with Crippen molar-refractivity contribution in [3.05, 3.63) is 89.2 Å². The van der Waals surface area contributed by atoms with Crippen molar-refractivity contribution in [2.75, 3.05) is 30.3 Å². The van der Waals surface area contributed by atoms with Gasteiger partial charge in [0, 0.05) is 23.1 Å². The third-order valence-corrected chi connectivity index (χ3v) is 7.83. The molecule has 6 nitrogen and oxygen atoms in total. The quantitative estimate of drug-likeness (QED) is 0.368. The largest absolute Gasteiger partial charge is 0.497 e. The number of ether oxygens (including phenoxy) is 1. The zero-order chi connectivity index (χ0) is 24.6. The van der Waals surface area contributed by atoms with E-state index in [9.17, 15) is 17.6 Å². The molecular weight excluding hydrogens is 499 g/mol. The molecule has 0 bridgehead atoms. The molecule has 3 rings (SSSR count). The molecule has 3 aromatic rings. The number of amides is 1. The van der Waals surface area contributed by atoms with Crippen LogP contribution in [0.2, 0.25) is 5.02 Å². The van der Waals surface area contributed by atoms with Crippen LogP contribution in [0.4, 0.5) is 10.1 Å². The van der Waals surface area contributed by atoms with Crippen LogP contribution >= 0.6 is 23.4 Å². The van der Waals surface area contributed by atoms with Crippen molar-refractivity contribution in [3.63, 3.8) is 0 Å². The molecule has 0 aliphatic heterocycles. The summed E-state index contributed by atoms with van der Waals surface area (Å²) < 4.78 is 46.0. The molecular formula is C24H24ClFN2O4S2. The van der Waals surface area contributed by atoms with Gasteiger partial charge in [-0.1, -0.05) is 23.7 Å². The first-order valence-corrected chi connectivity index (χ1v) is 13.3. The predicted molar refractivity (Wildman–Crippen MR) is 135 cm³/mol. The summed E-state index contributed by atoms with van der Waals surface area (Å²) in [5, 5.41) is 3.43. The maximum absolute atomic E-state index is 13.3. The second kappa shape index (κ2) is 12.1. The summed E-state index contributed by atoms with van der Waals surface area (Å²) in [6.07, 6.45) is 0. The standard InChI is InChI=1S/C24H24ClFN2O4S2/c1-32-22-9-7-21(8-10-22)28(34(30,31)23-11-5-20(26)6-12-23)16-24(29)27-13-14-33-17-18-3-2-4-19(25)15-18/h2-12,15H,13-14,16-17H2,1H3,(H,27,29). The van der Waals surface area contributed by atoms with Crippen LogP contribution in [-0.4, -0.2) is 40.3 Å². The molecule has 1 amide bonds. The molecule has 3 aromatic carbocycles. The number of hydrogen-bond acceptors (Lipinski definition) is 5. The number of rotatable bonds is 11.